The van der Waals surface area contributed by atoms with Gasteiger partial charge in [0.25, 0.3) is 0 Å². The summed E-state index contributed by atoms with van der Waals surface area (Å²) < 4.78 is 0. The zero-order valence-corrected chi connectivity index (χ0v) is 38.6. The van der Waals surface area contributed by atoms with Crippen LogP contribution in [0.5, 0.6) is 0 Å². The number of hydrogen-bond acceptors (Lipinski definition) is 6. The van der Waals surface area contributed by atoms with Crippen LogP contribution in [-0.2, 0) is 0 Å². The number of fused-ring (bicyclic) bond motifs is 20. The minimum Gasteiger partial charge on any atom is -0.324 e. The molecule has 0 saturated carbocycles. The Morgan fingerprint density at radius 2 is 0.609 bits per heavy atom. The monoisotopic (exact) mass is 834 g/mol. The molecule has 8 bridgehead atoms. The van der Waals surface area contributed by atoms with Crippen molar-refractivity contribution in [2.75, 3.05) is 0 Å². The maximum atomic E-state index is 5.38. The second-order valence-electron chi connectivity index (χ2n) is 20.6. The van der Waals surface area contributed by atoms with Crippen molar-refractivity contribution < 1.29 is 0 Å². The second kappa shape index (κ2) is 15.1. The molecular weight excluding hydrogens is 785 g/mol. The van der Waals surface area contributed by atoms with E-state index in [1.165, 1.54) is 0 Å². The Labute approximate surface area is 375 Å². The summed E-state index contributed by atoms with van der Waals surface area (Å²) in [5.41, 5.74) is 7.99. The number of aromatic amines is 2. The van der Waals surface area contributed by atoms with Crippen molar-refractivity contribution in [3.05, 3.63) is 95.1 Å². The van der Waals surface area contributed by atoms with Crippen molar-refractivity contribution >= 4 is 44.1 Å². The average Bonchev–Trinajstić information content (AvgIpc) is 3.94. The molecule has 64 heavy (non-hydrogen) atoms. The average molecular weight is 835 g/mol. The molecule has 3 aromatic heterocycles. The Bertz CT molecular complexity index is 3560. The van der Waals surface area contributed by atoms with E-state index in [4.69, 9.17) is 29.9 Å². The minimum atomic E-state index is -0.238. The minimum absolute atomic E-state index is 0.232. The molecule has 9 rings (SSSR count). The van der Waals surface area contributed by atoms with Crippen LogP contribution in [-0.4, -0.2) is 39.9 Å². The summed E-state index contributed by atoms with van der Waals surface area (Å²) in [4.78, 5) is 38.6. The van der Waals surface area contributed by atoms with Crippen LogP contribution in [0.3, 0.4) is 0 Å². The molecule has 2 aliphatic heterocycles. The summed E-state index contributed by atoms with van der Waals surface area (Å²) >= 11 is 0. The lowest BCUT2D eigenvalue weighted by molar-refractivity contribution is 0.570. The molecule has 0 spiro atoms. The van der Waals surface area contributed by atoms with Gasteiger partial charge in [0.05, 0.1) is 0 Å². The predicted molar refractivity (Wildman–Crippen MR) is 261 cm³/mol. The van der Waals surface area contributed by atoms with Gasteiger partial charge in [0, 0.05) is 87.7 Å². The smallest absolute Gasteiger partial charge is 0.164 e. The van der Waals surface area contributed by atoms with Crippen LogP contribution >= 0.6 is 0 Å². The van der Waals surface area contributed by atoms with Crippen molar-refractivity contribution in [1.29, 1.82) is 0 Å². The highest BCUT2D eigenvalue weighted by Crippen LogP contribution is 2.39. The van der Waals surface area contributed by atoms with Gasteiger partial charge in [-0.15, -0.1) is 0 Å². The van der Waals surface area contributed by atoms with Crippen molar-refractivity contribution in [1.82, 2.24) is 39.9 Å². The third-order valence-corrected chi connectivity index (χ3v) is 10.2. The highest BCUT2D eigenvalue weighted by Gasteiger charge is 2.24. The first-order valence-electron chi connectivity index (χ1n) is 21.6. The Hall–Kier alpha value is -7.52. The molecule has 8 nitrogen and oxygen atoms in total. The van der Waals surface area contributed by atoms with E-state index >= 15 is 0 Å². The fourth-order valence-corrected chi connectivity index (χ4v) is 7.22. The molecular formula is C56H50N8. The van der Waals surface area contributed by atoms with E-state index in [0.29, 0.717) is 45.9 Å². The molecule has 0 atom stereocenters. The van der Waals surface area contributed by atoms with Crippen LogP contribution in [0, 0.1) is 69.0 Å². The Morgan fingerprint density at radius 3 is 0.938 bits per heavy atom. The van der Waals surface area contributed by atoms with E-state index in [9.17, 15) is 0 Å². The maximum Gasteiger partial charge on any atom is 0.164 e. The van der Waals surface area contributed by atoms with Gasteiger partial charge in [0.1, 0.15) is 22.6 Å². The first-order chi connectivity index (χ1) is 30.1. The van der Waals surface area contributed by atoms with Gasteiger partial charge in [0.15, 0.2) is 23.3 Å². The summed E-state index contributed by atoms with van der Waals surface area (Å²) in [5, 5.41) is 3.44. The number of nitrogens with one attached hydrogen (secondary N) is 2. The molecule has 0 saturated heterocycles. The topological polar surface area (TPSA) is 109 Å². The molecule has 2 N–H and O–H groups in total. The highest BCUT2D eigenvalue weighted by atomic mass is 15.1. The molecule has 0 amide bonds. The molecule has 5 heterocycles. The lowest BCUT2D eigenvalue weighted by atomic mass is 9.93. The first kappa shape index (κ1) is 41.8. The predicted octanol–water partition coefficient (Wildman–Crippen LogP) is 12.5. The van der Waals surface area contributed by atoms with Crippen molar-refractivity contribution in [3.8, 4) is 92.9 Å². The lowest BCUT2D eigenvalue weighted by Gasteiger charge is -2.10. The molecule has 0 aliphatic carbocycles. The Morgan fingerprint density at radius 1 is 0.328 bits per heavy atom. The standard InChI is InChI=1S/C56H50N8/c1-53(2,3)25-21-33-29-41-43(31-35(33)23-27-55(7,8)9)51-62-49(41)60-47-39-19-15-13-17-37(39)45(58-47)57-46-38-18-14-16-20-40(38)48(59-46)61-50-42-30-34(22-26-54(4,5)6)36(24-28-56(10,11)12)32-44(42)52(63-50)64-51/h13-20,29-32H,1-12H3,(H2,57,58,59,60,61,62,63,64). The van der Waals surface area contributed by atoms with Gasteiger partial charge in [-0.3, -0.25) is 0 Å². The molecule has 314 valence electrons. The summed E-state index contributed by atoms with van der Waals surface area (Å²) in [6, 6.07) is 24.4. The van der Waals surface area contributed by atoms with Gasteiger partial charge in [0.2, 0.25) is 0 Å². The lowest BCUT2D eigenvalue weighted by Crippen LogP contribution is -2.01. The van der Waals surface area contributed by atoms with Gasteiger partial charge in [-0.1, -0.05) is 95.9 Å². The zero-order chi connectivity index (χ0) is 45.3. The zero-order valence-electron chi connectivity index (χ0n) is 38.6. The van der Waals surface area contributed by atoms with Gasteiger partial charge < -0.3 is 9.97 Å². The molecule has 0 radical (unpaired) electrons. The number of hydrogen-bond donors (Lipinski definition) is 2. The van der Waals surface area contributed by atoms with E-state index in [1.54, 1.807) is 0 Å². The summed E-state index contributed by atoms with van der Waals surface area (Å²) in [7, 11) is 0. The van der Waals surface area contributed by atoms with Crippen LogP contribution < -0.4 is 0 Å². The number of H-pyrrole nitrogens is 2. The van der Waals surface area contributed by atoms with Crippen LogP contribution in [0.25, 0.3) is 89.7 Å². The number of aromatic nitrogens is 8. The molecule has 2 aliphatic rings. The van der Waals surface area contributed by atoms with E-state index in [-0.39, 0.29) is 21.7 Å². The van der Waals surface area contributed by atoms with E-state index in [2.05, 4.69) is 165 Å². The number of benzene rings is 4. The molecule has 7 aromatic rings. The molecule has 0 fully saturated rings. The largest absolute Gasteiger partial charge is 0.324 e. The van der Waals surface area contributed by atoms with Gasteiger partial charge in [-0.2, -0.15) is 0 Å². The quantitative estimate of drug-likeness (QED) is 0.147. The van der Waals surface area contributed by atoms with Gasteiger partial charge >= 0.3 is 0 Å². The molecule has 0 unspecified atom stereocenters. The second-order valence-corrected chi connectivity index (χ2v) is 20.6. The van der Waals surface area contributed by atoms with Crippen molar-refractivity contribution in [3.63, 3.8) is 0 Å². The fraction of sp³-hybridized carbons (Fsp3) is 0.286. The first-order valence-corrected chi connectivity index (χ1v) is 21.6. The normalized spacial score (nSPS) is 12.2. The molecule has 4 aromatic carbocycles. The van der Waals surface area contributed by atoms with Crippen molar-refractivity contribution in [2.45, 2.75) is 83.1 Å². The summed E-state index contributed by atoms with van der Waals surface area (Å²) in [6.45, 7) is 25.3. The van der Waals surface area contributed by atoms with E-state index in [0.717, 1.165) is 66.1 Å². The number of nitrogens with zero attached hydrogens (tertiary/aromatic N) is 6. The van der Waals surface area contributed by atoms with Crippen LogP contribution in [0.2, 0.25) is 0 Å². The fourth-order valence-electron chi connectivity index (χ4n) is 7.22. The third kappa shape index (κ3) is 8.62. The summed E-state index contributed by atoms with van der Waals surface area (Å²) in [6.07, 6.45) is 0. The highest BCUT2D eigenvalue weighted by molar-refractivity contribution is 6.07. The van der Waals surface area contributed by atoms with Crippen LogP contribution in [0.1, 0.15) is 105 Å². The number of rotatable bonds is 0. The summed E-state index contributed by atoms with van der Waals surface area (Å²) in [5.74, 6) is 29.7. The molecule has 8 heteroatoms. The van der Waals surface area contributed by atoms with Gasteiger partial charge in [-0.25, -0.2) is 29.9 Å². The Balaban J connectivity index is 1.47. The van der Waals surface area contributed by atoms with Crippen molar-refractivity contribution in [2.24, 2.45) is 21.7 Å². The maximum absolute atomic E-state index is 5.38. The van der Waals surface area contributed by atoms with Crippen LogP contribution in [0.15, 0.2) is 72.8 Å². The Kier molecular flexibility index (Phi) is 9.86. The SMILES string of the molecule is CC(C)(C)C#Cc1cc2c(cc1C#CC(C)(C)C)-c1nc-2nc2[nH]c(nc3nc(nc4[nH]c(n1)c1cc(C#CC(C)(C)C)c(C#CC(C)(C)C)cc41)-c1ccccc1-3)c1ccccc21. The van der Waals surface area contributed by atoms with E-state index < -0.39 is 0 Å². The van der Waals surface area contributed by atoms with E-state index in [1.807, 2.05) is 48.5 Å². The van der Waals surface area contributed by atoms with Gasteiger partial charge in [-0.05, 0) is 107 Å². The van der Waals surface area contributed by atoms with Crippen LogP contribution in [0.4, 0.5) is 0 Å². The third-order valence-electron chi connectivity index (χ3n) is 10.2.